The first-order chi connectivity index (χ1) is 9.15. The third-order valence-electron chi connectivity index (χ3n) is 2.83. The summed E-state index contributed by atoms with van der Waals surface area (Å²) < 4.78 is 8.87. The Morgan fingerprint density at radius 1 is 1.58 bits per heavy atom. The molecule has 0 bridgehead atoms. The third kappa shape index (κ3) is 2.26. The molecule has 0 aliphatic heterocycles. The number of hydrogen-bond donors (Lipinski definition) is 1. The summed E-state index contributed by atoms with van der Waals surface area (Å²) in [5.41, 5.74) is 2.32. The molecule has 98 valence electrons. The highest BCUT2D eigenvalue weighted by Gasteiger charge is 2.10. The van der Waals surface area contributed by atoms with Crippen molar-refractivity contribution in [2.45, 2.75) is 19.4 Å². The van der Waals surface area contributed by atoms with Crippen molar-refractivity contribution in [3.8, 4) is 0 Å². The zero-order valence-electron chi connectivity index (χ0n) is 9.83. The van der Waals surface area contributed by atoms with Gasteiger partial charge in [-0.15, -0.1) is 11.3 Å². The minimum Gasteiger partial charge on any atom is -0.481 e. The largest absolute Gasteiger partial charge is 0.481 e. The van der Waals surface area contributed by atoms with Crippen LogP contribution < -0.4 is 0 Å². The van der Waals surface area contributed by atoms with Crippen molar-refractivity contribution in [1.29, 1.82) is 0 Å². The van der Waals surface area contributed by atoms with Crippen LogP contribution in [0, 0.1) is 3.95 Å². The lowest BCUT2D eigenvalue weighted by Gasteiger charge is -2.02. The number of thiazole rings is 1. The molecule has 0 atom stereocenters. The van der Waals surface area contributed by atoms with E-state index in [1.165, 1.54) is 11.3 Å². The fourth-order valence-electron chi connectivity index (χ4n) is 1.96. The molecule has 0 aliphatic carbocycles. The first-order valence-corrected chi connectivity index (χ1v) is 6.97. The van der Waals surface area contributed by atoms with Gasteiger partial charge >= 0.3 is 5.97 Å². The van der Waals surface area contributed by atoms with E-state index < -0.39 is 5.97 Å². The lowest BCUT2D eigenvalue weighted by atomic mass is 10.3. The molecule has 5 nitrogen and oxygen atoms in total. The lowest BCUT2D eigenvalue weighted by Crippen LogP contribution is -2.02. The molecule has 3 aromatic heterocycles. The molecule has 3 heterocycles. The number of carboxylic acids is 1. The Morgan fingerprint density at radius 3 is 3.21 bits per heavy atom. The highest BCUT2D eigenvalue weighted by Crippen LogP contribution is 2.26. The van der Waals surface area contributed by atoms with Crippen LogP contribution >= 0.6 is 23.6 Å². The van der Waals surface area contributed by atoms with E-state index in [1.807, 2.05) is 10.6 Å². The van der Waals surface area contributed by atoms with Crippen LogP contribution in [0.25, 0.3) is 21.4 Å². The predicted octanol–water partition coefficient (Wildman–Crippen LogP) is 3.44. The summed E-state index contributed by atoms with van der Waals surface area (Å²) in [5, 5.41) is 8.68. The second-order valence-corrected chi connectivity index (χ2v) is 5.81. The smallest absolute Gasteiger partial charge is 0.303 e. The first kappa shape index (κ1) is 12.3. The molecule has 0 aliphatic rings. The zero-order valence-corrected chi connectivity index (χ0v) is 11.5. The number of furan rings is 1. The zero-order chi connectivity index (χ0) is 13.4. The van der Waals surface area contributed by atoms with Crippen LogP contribution in [0.15, 0.2) is 22.8 Å². The number of carbonyl (C=O) groups is 1. The Bertz CT molecular complexity index is 815. The lowest BCUT2D eigenvalue weighted by molar-refractivity contribution is -0.137. The van der Waals surface area contributed by atoms with Crippen molar-refractivity contribution in [3.63, 3.8) is 0 Å². The fourth-order valence-corrected chi connectivity index (χ4v) is 3.29. The van der Waals surface area contributed by atoms with E-state index in [0.29, 0.717) is 16.9 Å². The van der Waals surface area contributed by atoms with Gasteiger partial charge in [0.25, 0.3) is 0 Å². The molecule has 3 aromatic rings. The Kier molecular flexibility index (Phi) is 3.08. The van der Waals surface area contributed by atoms with E-state index in [-0.39, 0.29) is 6.42 Å². The van der Waals surface area contributed by atoms with E-state index in [1.54, 1.807) is 12.3 Å². The molecule has 19 heavy (non-hydrogen) atoms. The van der Waals surface area contributed by atoms with Gasteiger partial charge in [0.1, 0.15) is 5.52 Å². The van der Waals surface area contributed by atoms with Crippen molar-refractivity contribution >= 4 is 51.0 Å². The number of nitrogens with zero attached hydrogens (tertiary/aromatic N) is 2. The number of fused-ring (bicyclic) bond motifs is 2. The molecule has 0 fully saturated rings. The van der Waals surface area contributed by atoms with Gasteiger partial charge in [0.2, 0.25) is 0 Å². The van der Waals surface area contributed by atoms with E-state index in [2.05, 4.69) is 4.98 Å². The molecule has 7 heteroatoms. The van der Waals surface area contributed by atoms with Crippen LogP contribution in [0.3, 0.4) is 0 Å². The number of carboxylic acid groups (broad SMARTS) is 1. The third-order valence-corrected chi connectivity index (χ3v) is 4.21. The number of pyridine rings is 1. The molecule has 1 N–H and O–H groups in total. The summed E-state index contributed by atoms with van der Waals surface area (Å²) in [6.07, 6.45) is 2.28. The average molecular weight is 294 g/mol. The summed E-state index contributed by atoms with van der Waals surface area (Å²) in [4.78, 5) is 15.1. The summed E-state index contributed by atoms with van der Waals surface area (Å²) in [6, 6.07) is 3.73. The van der Waals surface area contributed by atoms with Gasteiger partial charge < -0.3 is 14.1 Å². The van der Waals surface area contributed by atoms with Gasteiger partial charge in [0.15, 0.2) is 15.2 Å². The Balaban J connectivity index is 2.04. The number of aryl methyl sites for hydroxylation is 1. The van der Waals surface area contributed by atoms with Crippen LogP contribution in [0.5, 0.6) is 0 Å². The first-order valence-electron chi connectivity index (χ1n) is 5.74. The monoisotopic (exact) mass is 294 g/mol. The SMILES string of the molecule is O=C(O)CCCn1c(=S)sc2cc3occc3nc21. The Hall–Kier alpha value is -1.73. The second kappa shape index (κ2) is 4.75. The van der Waals surface area contributed by atoms with Gasteiger partial charge in [-0.05, 0) is 18.6 Å². The number of aliphatic carboxylic acids is 1. The Morgan fingerprint density at radius 2 is 2.42 bits per heavy atom. The van der Waals surface area contributed by atoms with Gasteiger partial charge in [-0.3, -0.25) is 4.79 Å². The number of aromatic nitrogens is 2. The van der Waals surface area contributed by atoms with Crippen LogP contribution in [0.4, 0.5) is 0 Å². The molecule has 0 saturated carbocycles. The summed E-state index contributed by atoms with van der Waals surface area (Å²) in [6.45, 7) is 0.571. The van der Waals surface area contributed by atoms with E-state index in [4.69, 9.17) is 21.7 Å². The molecular weight excluding hydrogens is 284 g/mol. The van der Waals surface area contributed by atoms with Gasteiger partial charge in [-0.1, -0.05) is 0 Å². The van der Waals surface area contributed by atoms with Crippen LogP contribution in [0.1, 0.15) is 12.8 Å². The second-order valence-electron chi connectivity index (χ2n) is 4.13. The average Bonchev–Trinajstić information content (AvgIpc) is 2.91. The maximum absolute atomic E-state index is 10.6. The van der Waals surface area contributed by atoms with E-state index >= 15 is 0 Å². The maximum atomic E-state index is 10.6. The molecule has 0 radical (unpaired) electrons. The van der Waals surface area contributed by atoms with Crippen molar-refractivity contribution in [2.75, 3.05) is 0 Å². The highest BCUT2D eigenvalue weighted by atomic mass is 32.1. The quantitative estimate of drug-likeness (QED) is 0.746. The minimum absolute atomic E-state index is 0.132. The van der Waals surface area contributed by atoms with Gasteiger partial charge in [-0.25, -0.2) is 4.98 Å². The van der Waals surface area contributed by atoms with Crippen LogP contribution in [0.2, 0.25) is 0 Å². The molecule has 3 rings (SSSR count). The maximum Gasteiger partial charge on any atom is 0.303 e. The molecule has 0 unspecified atom stereocenters. The standard InChI is InChI=1S/C12H10N2O3S2/c15-10(16)2-1-4-14-11-9(19-12(14)18)6-8-7(13-11)3-5-17-8/h3,5-6H,1-2,4H2,(H,15,16). The van der Waals surface area contributed by atoms with Gasteiger partial charge in [0, 0.05) is 25.1 Å². The fraction of sp³-hybridized carbons (Fsp3) is 0.250. The highest BCUT2D eigenvalue weighted by molar-refractivity contribution is 7.73. The number of hydrogen-bond acceptors (Lipinski definition) is 5. The topological polar surface area (TPSA) is 68.3 Å². The molecule has 0 amide bonds. The van der Waals surface area contributed by atoms with Crippen molar-refractivity contribution in [3.05, 3.63) is 22.4 Å². The number of rotatable bonds is 4. The van der Waals surface area contributed by atoms with Crippen molar-refractivity contribution < 1.29 is 14.3 Å². The van der Waals surface area contributed by atoms with Gasteiger partial charge in [0.05, 0.1) is 11.0 Å². The molecule has 0 saturated heterocycles. The summed E-state index contributed by atoms with van der Waals surface area (Å²) in [7, 11) is 0. The molecule has 0 spiro atoms. The van der Waals surface area contributed by atoms with Crippen LogP contribution in [-0.2, 0) is 11.3 Å². The van der Waals surface area contributed by atoms with E-state index in [0.717, 1.165) is 21.4 Å². The summed E-state index contributed by atoms with van der Waals surface area (Å²) >= 11 is 6.77. The van der Waals surface area contributed by atoms with Crippen molar-refractivity contribution in [1.82, 2.24) is 9.55 Å². The normalized spacial score (nSPS) is 11.4. The van der Waals surface area contributed by atoms with Crippen molar-refractivity contribution in [2.24, 2.45) is 0 Å². The summed E-state index contributed by atoms with van der Waals surface area (Å²) in [5.74, 6) is -0.795. The van der Waals surface area contributed by atoms with E-state index in [9.17, 15) is 4.79 Å². The van der Waals surface area contributed by atoms with Crippen LogP contribution in [-0.4, -0.2) is 20.6 Å². The predicted molar refractivity (Wildman–Crippen MR) is 75.1 cm³/mol. The van der Waals surface area contributed by atoms with Gasteiger partial charge in [-0.2, -0.15) is 0 Å². The Labute approximate surface area is 117 Å². The minimum atomic E-state index is -0.795. The molecular formula is C12H10N2O3S2. The molecule has 0 aromatic carbocycles.